The van der Waals surface area contributed by atoms with E-state index in [-0.39, 0.29) is 11.1 Å². The van der Waals surface area contributed by atoms with Crippen LogP contribution in [-0.2, 0) is 14.5 Å². The number of rotatable bonds is 8. The predicted molar refractivity (Wildman–Crippen MR) is 150 cm³/mol. The van der Waals surface area contributed by atoms with Gasteiger partial charge in [0, 0.05) is 0 Å². The second kappa shape index (κ2) is 10.6. The Hall–Kier alpha value is -0.909. The van der Waals surface area contributed by atoms with Crippen LogP contribution in [0.2, 0.25) is 57.4 Å². The molecule has 2 nitrogen and oxygen atoms in total. The van der Waals surface area contributed by atoms with E-state index >= 15 is 0 Å². The van der Waals surface area contributed by atoms with E-state index in [0.29, 0.717) is 5.92 Å². The summed E-state index contributed by atoms with van der Waals surface area (Å²) in [6, 6.07) is 10.5. The molecule has 0 saturated carbocycles. The van der Waals surface area contributed by atoms with E-state index in [2.05, 4.69) is 141 Å². The van der Waals surface area contributed by atoms with Crippen molar-refractivity contribution in [2.75, 3.05) is 0 Å². The standard InChI is InChI=1S/C27H48O2Si3/c1-23(2)25(28-32(12,13)26(3,4)5)19-20-27(29-31(9,10)11,21-22-30(6,7)8)24-17-15-14-16-18-24/h14-20,23,25H,1-13H3/b20-19+/t25-,27?/m1/s1. The summed E-state index contributed by atoms with van der Waals surface area (Å²) < 4.78 is 13.7. The van der Waals surface area contributed by atoms with Gasteiger partial charge in [-0.2, -0.15) is 0 Å². The molecule has 1 rings (SSSR count). The van der Waals surface area contributed by atoms with Crippen molar-refractivity contribution in [2.45, 2.75) is 104 Å². The summed E-state index contributed by atoms with van der Waals surface area (Å²) in [5.74, 6) is 3.99. The van der Waals surface area contributed by atoms with Crippen molar-refractivity contribution in [3.05, 3.63) is 48.0 Å². The fourth-order valence-electron chi connectivity index (χ4n) is 2.92. The Labute approximate surface area is 202 Å². The van der Waals surface area contributed by atoms with Crippen molar-refractivity contribution in [2.24, 2.45) is 5.92 Å². The van der Waals surface area contributed by atoms with Crippen LogP contribution in [0.25, 0.3) is 0 Å². The lowest BCUT2D eigenvalue weighted by atomic mass is 9.93. The van der Waals surface area contributed by atoms with Gasteiger partial charge in [0.2, 0.25) is 0 Å². The van der Waals surface area contributed by atoms with Gasteiger partial charge in [-0.1, -0.05) is 96.6 Å². The molecule has 1 aromatic carbocycles. The van der Waals surface area contributed by atoms with E-state index in [9.17, 15) is 0 Å². The summed E-state index contributed by atoms with van der Waals surface area (Å²) in [7, 11) is -5.43. The molecular formula is C27H48O2Si3. The fourth-order valence-corrected chi connectivity index (χ4v) is 6.07. The summed E-state index contributed by atoms with van der Waals surface area (Å²) in [5, 5.41) is 0.164. The first-order valence-corrected chi connectivity index (χ1v) is 21.8. The molecular weight excluding hydrogens is 441 g/mol. The number of hydrogen-bond donors (Lipinski definition) is 0. The molecule has 0 heterocycles. The molecule has 0 spiro atoms. The maximum absolute atomic E-state index is 6.89. The van der Waals surface area contributed by atoms with Crippen LogP contribution >= 0.6 is 0 Å². The summed E-state index contributed by atoms with van der Waals surface area (Å²) in [6.45, 7) is 29.6. The van der Waals surface area contributed by atoms with Crippen molar-refractivity contribution in [3.63, 3.8) is 0 Å². The Morgan fingerprint density at radius 1 is 0.875 bits per heavy atom. The molecule has 1 aromatic rings. The lowest BCUT2D eigenvalue weighted by Gasteiger charge is -2.40. The van der Waals surface area contributed by atoms with E-state index in [1.54, 1.807) is 0 Å². The second-order valence-corrected chi connectivity index (χ2v) is 26.7. The molecule has 0 N–H and O–H groups in total. The second-order valence-electron chi connectivity index (χ2n) is 12.8. The van der Waals surface area contributed by atoms with Crippen LogP contribution in [0.5, 0.6) is 0 Å². The fraction of sp³-hybridized carbons (Fsp3) is 0.630. The third kappa shape index (κ3) is 9.15. The molecule has 0 aliphatic rings. The molecule has 2 atom stereocenters. The Balaban J connectivity index is 3.63. The van der Waals surface area contributed by atoms with Gasteiger partial charge in [0.25, 0.3) is 0 Å². The maximum atomic E-state index is 6.89. The minimum atomic E-state index is -1.92. The van der Waals surface area contributed by atoms with Crippen LogP contribution in [0.3, 0.4) is 0 Å². The maximum Gasteiger partial charge on any atom is 0.192 e. The minimum absolute atomic E-state index is 0.0258. The van der Waals surface area contributed by atoms with Gasteiger partial charge >= 0.3 is 0 Å². The highest BCUT2D eigenvalue weighted by atomic mass is 28.4. The Kier molecular flexibility index (Phi) is 9.62. The first-order valence-electron chi connectivity index (χ1n) is 12.0. The van der Waals surface area contributed by atoms with E-state index in [1.807, 2.05) is 0 Å². The summed E-state index contributed by atoms with van der Waals surface area (Å²) in [5.41, 5.74) is 3.95. The van der Waals surface area contributed by atoms with Gasteiger partial charge in [0.05, 0.1) is 6.10 Å². The third-order valence-corrected chi connectivity index (χ3v) is 12.0. The van der Waals surface area contributed by atoms with E-state index < -0.39 is 30.3 Å². The quantitative estimate of drug-likeness (QED) is 0.208. The predicted octanol–water partition coefficient (Wildman–Crippen LogP) is 8.22. The Morgan fingerprint density at radius 2 is 1.41 bits per heavy atom. The van der Waals surface area contributed by atoms with Crippen molar-refractivity contribution < 1.29 is 8.85 Å². The smallest absolute Gasteiger partial charge is 0.192 e. The monoisotopic (exact) mass is 488 g/mol. The van der Waals surface area contributed by atoms with Crippen molar-refractivity contribution in [1.29, 1.82) is 0 Å². The molecule has 0 fully saturated rings. The number of benzene rings is 1. The van der Waals surface area contributed by atoms with Gasteiger partial charge in [-0.15, -0.1) is 5.54 Å². The molecule has 1 unspecified atom stereocenters. The normalized spacial score (nSPS) is 16.6. The zero-order chi connectivity index (χ0) is 25.0. The first kappa shape index (κ1) is 29.1. The van der Waals surface area contributed by atoms with Gasteiger partial charge in [-0.25, -0.2) is 0 Å². The van der Waals surface area contributed by atoms with E-state index in [1.165, 1.54) is 0 Å². The van der Waals surface area contributed by atoms with Gasteiger partial charge in [-0.3, -0.25) is 0 Å². The van der Waals surface area contributed by atoms with Gasteiger partial charge in [0.15, 0.2) is 22.2 Å². The lowest BCUT2D eigenvalue weighted by Crippen LogP contribution is -2.45. The molecule has 32 heavy (non-hydrogen) atoms. The minimum Gasteiger partial charge on any atom is -0.410 e. The van der Waals surface area contributed by atoms with Crippen LogP contribution in [0.4, 0.5) is 0 Å². The van der Waals surface area contributed by atoms with Gasteiger partial charge in [0.1, 0.15) is 8.07 Å². The van der Waals surface area contributed by atoms with Crippen LogP contribution < -0.4 is 0 Å². The van der Waals surface area contributed by atoms with E-state index in [0.717, 1.165) is 5.56 Å². The molecule has 0 bridgehead atoms. The average Bonchev–Trinajstić information content (AvgIpc) is 2.60. The molecule has 0 radical (unpaired) electrons. The van der Waals surface area contributed by atoms with Crippen LogP contribution in [0.15, 0.2) is 42.5 Å². The highest BCUT2D eigenvalue weighted by Gasteiger charge is 2.40. The van der Waals surface area contributed by atoms with Gasteiger partial charge < -0.3 is 8.85 Å². The molecule has 5 heteroatoms. The Bertz CT molecular complexity index is 813. The lowest BCUT2D eigenvalue weighted by molar-refractivity contribution is 0.160. The third-order valence-electron chi connectivity index (χ3n) is 5.71. The molecule has 0 aromatic heterocycles. The summed E-state index contributed by atoms with van der Waals surface area (Å²) in [4.78, 5) is 0. The SMILES string of the molecule is CC(C)[C@@H](/C=C/C(C#C[Si](C)(C)C)(O[Si](C)(C)C)c1ccccc1)O[Si](C)(C)C(C)(C)C. The Morgan fingerprint density at radius 3 is 1.81 bits per heavy atom. The molecule has 0 amide bonds. The molecule has 0 saturated heterocycles. The van der Waals surface area contributed by atoms with Crippen molar-refractivity contribution >= 4 is 24.7 Å². The number of hydrogen-bond acceptors (Lipinski definition) is 2. The topological polar surface area (TPSA) is 18.5 Å². The zero-order valence-corrected chi connectivity index (χ0v) is 26.0. The highest BCUT2D eigenvalue weighted by molar-refractivity contribution is 6.83. The summed E-state index contributed by atoms with van der Waals surface area (Å²) in [6.07, 6.45) is 4.46. The molecule has 180 valence electrons. The van der Waals surface area contributed by atoms with E-state index in [4.69, 9.17) is 8.85 Å². The highest BCUT2D eigenvalue weighted by Crippen LogP contribution is 2.39. The zero-order valence-electron chi connectivity index (χ0n) is 23.0. The molecule has 0 aliphatic carbocycles. The summed E-state index contributed by atoms with van der Waals surface area (Å²) >= 11 is 0. The van der Waals surface area contributed by atoms with Crippen molar-refractivity contribution in [1.82, 2.24) is 0 Å². The van der Waals surface area contributed by atoms with Crippen molar-refractivity contribution in [3.8, 4) is 11.5 Å². The van der Waals surface area contributed by atoms with Crippen LogP contribution in [0, 0.1) is 17.4 Å². The van der Waals surface area contributed by atoms with Gasteiger partial charge in [-0.05, 0) is 55.3 Å². The van der Waals surface area contributed by atoms with Crippen LogP contribution in [0.1, 0.15) is 40.2 Å². The largest absolute Gasteiger partial charge is 0.410 e. The molecule has 0 aliphatic heterocycles. The van der Waals surface area contributed by atoms with Crippen LogP contribution in [-0.4, -0.2) is 30.8 Å². The average molecular weight is 489 g/mol. The first-order chi connectivity index (χ1) is 14.3.